The van der Waals surface area contributed by atoms with Crippen LogP contribution in [0.3, 0.4) is 0 Å². The van der Waals surface area contributed by atoms with Gasteiger partial charge in [-0.15, -0.1) is 11.6 Å². The highest BCUT2D eigenvalue weighted by atomic mass is 35.5. The summed E-state index contributed by atoms with van der Waals surface area (Å²) >= 11 is 5.48. The minimum atomic E-state index is -1.09. The molecule has 2 atom stereocenters. The highest BCUT2D eigenvalue weighted by Crippen LogP contribution is 2.15. The molecule has 0 aromatic heterocycles. The zero-order valence-electron chi connectivity index (χ0n) is 26.3. The fraction of sp³-hybridized carbons (Fsp3) is 0.485. The van der Waals surface area contributed by atoms with Gasteiger partial charge in [0, 0.05) is 37.9 Å². The van der Waals surface area contributed by atoms with E-state index in [4.69, 9.17) is 11.6 Å². The van der Waals surface area contributed by atoms with E-state index in [-0.39, 0.29) is 56.5 Å². The van der Waals surface area contributed by atoms with E-state index in [0.717, 1.165) is 11.1 Å². The summed E-state index contributed by atoms with van der Waals surface area (Å²) in [6.45, 7) is 10.1. The Kier molecular flexibility index (Phi) is 14.9. The molecule has 2 aromatic rings. The number of alkyl halides is 1. The van der Waals surface area contributed by atoms with E-state index in [9.17, 15) is 24.0 Å². The van der Waals surface area contributed by atoms with E-state index in [2.05, 4.69) is 40.4 Å². The molecule has 0 heterocycles. The molecule has 10 nitrogen and oxygen atoms in total. The minimum absolute atomic E-state index is 0.00933. The zero-order chi connectivity index (χ0) is 32.7. The molecule has 0 aliphatic carbocycles. The molecule has 44 heavy (non-hydrogen) atoms. The predicted molar refractivity (Wildman–Crippen MR) is 172 cm³/mol. The molecule has 0 saturated carbocycles. The molecule has 0 radical (unpaired) electrons. The van der Waals surface area contributed by atoms with Crippen molar-refractivity contribution in [2.24, 2.45) is 0 Å². The van der Waals surface area contributed by atoms with E-state index < -0.39 is 35.3 Å². The van der Waals surface area contributed by atoms with Gasteiger partial charge in [0.1, 0.15) is 18.0 Å². The van der Waals surface area contributed by atoms with Gasteiger partial charge in [-0.3, -0.25) is 24.0 Å². The van der Waals surface area contributed by atoms with Crippen molar-refractivity contribution in [1.82, 2.24) is 26.6 Å². The lowest BCUT2D eigenvalue weighted by Crippen LogP contribution is -2.54. The number of carbonyl (C=O) groups excluding carboxylic acids is 5. The lowest BCUT2D eigenvalue weighted by Gasteiger charge is -2.24. The summed E-state index contributed by atoms with van der Waals surface area (Å²) in [5.41, 5.74) is 2.49. The molecule has 0 unspecified atom stereocenters. The number of halogens is 1. The normalized spacial score (nSPS) is 12.5. The number of amides is 5. The number of hydrogen-bond acceptors (Lipinski definition) is 5. The summed E-state index contributed by atoms with van der Waals surface area (Å²) in [5.74, 6) is -2.01. The van der Waals surface area contributed by atoms with E-state index in [0.29, 0.717) is 5.92 Å². The molecule has 0 spiro atoms. The van der Waals surface area contributed by atoms with Crippen LogP contribution in [0.15, 0.2) is 54.6 Å². The van der Waals surface area contributed by atoms with E-state index in [1.807, 2.05) is 75.4 Å². The van der Waals surface area contributed by atoms with Crippen molar-refractivity contribution in [2.45, 2.75) is 90.4 Å². The van der Waals surface area contributed by atoms with Crippen LogP contribution in [0, 0.1) is 0 Å². The number of benzene rings is 2. The first-order valence-corrected chi connectivity index (χ1v) is 15.4. The number of nitrogens with one attached hydrogen (secondary N) is 5. The summed E-state index contributed by atoms with van der Waals surface area (Å²) in [7, 11) is 0. The first-order valence-electron chi connectivity index (χ1n) is 14.9. The van der Waals surface area contributed by atoms with Crippen LogP contribution in [0.1, 0.15) is 76.5 Å². The van der Waals surface area contributed by atoms with Crippen molar-refractivity contribution < 1.29 is 24.0 Å². The molecule has 0 aliphatic heterocycles. The molecule has 5 amide bonds. The minimum Gasteiger partial charge on any atom is -0.355 e. The van der Waals surface area contributed by atoms with Crippen LogP contribution >= 0.6 is 11.6 Å². The third-order valence-electron chi connectivity index (χ3n) is 6.65. The maximum atomic E-state index is 13.6. The Balaban J connectivity index is 2.17. The zero-order valence-corrected chi connectivity index (χ0v) is 27.1. The van der Waals surface area contributed by atoms with Crippen molar-refractivity contribution in [2.75, 3.05) is 12.4 Å². The predicted octanol–water partition coefficient (Wildman–Crippen LogP) is 3.08. The Hall–Kier alpha value is -3.92. The third-order valence-corrected chi connectivity index (χ3v) is 6.89. The Morgan fingerprint density at radius 2 is 1.39 bits per heavy atom. The first-order chi connectivity index (χ1) is 20.8. The molecule has 0 aliphatic rings. The summed E-state index contributed by atoms with van der Waals surface area (Å²) in [6.07, 6.45) is 0.112. The van der Waals surface area contributed by atoms with Crippen LogP contribution in [0.5, 0.6) is 0 Å². The van der Waals surface area contributed by atoms with Gasteiger partial charge in [0.15, 0.2) is 0 Å². The summed E-state index contributed by atoms with van der Waals surface area (Å²) in [5, 5.41) is 13.7. The van der Waals surface area contributed by atoms with Crippen LogP contribution in [0.4, 0.5) is 0 Å². The Morgan fingerprint density at radius 3 is 1.98 bits per heavy atom. The third kappa shape index (κ3) is 14.0. The molecule has 240 valence electrons. The fourth-order valence-electron chi connectivity index (χ4n) is 4.32. The molecular weight excluding hydrogens is 582 g/mol. The van der Waals surface area contributed by atoms with Crippen LogP contribution in [0.2, 0.25) is 0 Å². The molecular formula is C33H46ClN5O5. The van der Waals surface area contributed by atoms with Gasteiger partial charge in [-0.1, -0.05) is 68.4 Å². The summed E-state index contributed by atoms with van der Waals surface area (Å²) in [6, 6.07) is 15.2. The standard InChI is InChI=1S/C33H46ClN5O5/c1-22(2)25-13-11-24(12-14-25)21-36-31(43)27(19-23-9-7-6-8-10-23)38-32(44)26(15-16-29(41)39-33(3,4)5)37-28(40)17-18-35-30(42)20-34/h6-14,22,26-27H,15-21H2,1-5H3,(H,35,42)(H,36,43)(H,37,40)(H,38,44)(H,39,41)/t26-,27-/m0/s1. The summed E-state index contributed by atoms with van der Waals surface area (Å²) < 4.78 is 0. The lowest BCUT2D eigenvalue weighted by molar-refractivity contribution is -0.133. The number of carbonyl (C=O) groups is 5. The lowest BCUT2D eigenvalue weighted by atomic mass is 10.0. The van der Waals surface area contributed by atoms with Crippen LogP contribution in [-0.2, 0) is 36.9 Å². The largest absolute Gasteiger partial charge is 0.355 e. The van der Waals surface area contributed by atoms with Gasteiger partial charge in [-0.2, -0.15) is 0 Å². The maximum absolute atomic E-state index is 13.6. The smallest absolute Gasteiger partial charge is 0.243 e. The second-order valence-electron chi connectivity index (χ2n) is 12.1. The average Bonchev–Trinajstić information content (AvgIpc) is 2.97. The quantitative estimate of drug-likeness (QED) is 0.182. The van der Waals surface area contributed by atoms with Crippen molar-refractivity contribution >= 4 is 41.1 Å². The van der Waals surface area contributed by atoms with E-state index in [1.54, 1.807) is 0 Å². The SMILES string of the molecule is CC(C)c1ccc(CNC(=O)[C@H](Cc2ccccc2)NC(=O)[C@H](CCC(=O)NC(C)(C)C)NC(=O)CCNC(=O)CCl)cc1. The van der Waals surface area contributed by atoms with E-state index in [1.165, 1.54) is 5.56 Å². The van der Waals surface area contributed by atoms with Gasteiger partial charge >= 0.3 is 0 Å². The van der Waals surface area contributed by atoms with Crippen LogP contribution in [-0.4, -0.2) is 59.6 Å². The number of rotatable bonds is 16. The molecule has 0 fully saturated rings. The van der Waals surface area contributed by atoms with Gasteiger partial charge in [-0.05, 0) is 49.8 Å². The van der Waals surface area contributed by atoms with E-state index >= 15 is 0 Å². The Morgan fingerprint density at radius 1 is 0.727 bits per heavy atom. The van der Waals surface area contributed by atoms with Crippen LogP contribution < -0.4 is 26.6 Å². The van der Waals surface area contributed by atoms with Crippen LogP contribution in [0.25, 0.3) is 0 Å². The highest BCUT2D eigenvalue weighted by Gasteiger charge is 2.28. The van der Waals surface area contributed by atoms with Gasteiger partial charge in [0.2, 0.25) is 29.5 Å². The molecule has 2 aromatic carbocycles. The number of hydrogen-bond donors (Lipinski definition) is 5. The second-order valence-corrected chi connectivity index (χ2v) is 12.3. The topological polar surface area (TPSA) is 146 Å². The summed E-state index contributed by atoms with van der Waals surface area (Å²) in [4.78, 5) is 63.6. The van der Waals surface area contributed by atoms with Crippen molar-refractivity contribution in [1.29, 1.82) is 0 Å². The highest BCUT2D eigenvalue weighted by molar-refractivity contribution is 6.27. The van der Waals surface area contributed by atoms with Crippen molar-refractivity contribution in [3.8, 4) is 0 Å². The van der Waals surface area contributed by atoms with Gasteiger partial charge < -0.3 is 26.6 Å². The second kappa shape index (κ2) is 18.0. The van der Waals surface area contributed by atoms with Crippen molar-refractivity contribution in [3.63, 3.8) is 0 Å². The van der Waals surface area contributed by atoms with Gasteiger partial charge in [-0.25, -0.2) is 0 Å². The first kappa shape index (κ1) is 36.3. The van der Waals surface area contributed by atoms with Crippen molar-refractivity contribution in [3.05, 3.63) is 71.3 Å². The Labute approximate surface area is 265 Å². The van der Waals surface area contributed by atoms with Gasteiger partial charge in [0.25, 0.3) is 0 Å². The Bertz CT molecular complexity index is 1250. The average molecular weight is 628 g/mol. The maximum Gasteiger partial charge on any atom is 0.243 e. The molecule has 0 bridgehead atoms. The molecule has 2 rings (SSSR count). The molecule has 0 saturated heterocycles. The molecule has 5 N–H and O–H groups in total. The monoisotopic (exact) mass is 627 g/mol. The van der Waals surface area contributed by atoms with Gasteiger partial charge in [0.05, 0.1) is 0 Å². The molecule has 11 heteroatoms. The fourth-order valence-corrected chi connectivity index (χ4v) is 4.41.